The lowest BCUT2D eigenvalue weighted by Gasteiger charge is -2.01. The van der Waals surface area contributed by atoms with Gasteiger partial charge in [-0.15, -0.1) is 0 Å². The molecule has 2 N–H and O–H groups in total. The van der Waals surface area contributed by atoms with Gasteiger partial charge in [0, 0.05) is 0 Å². The third kappa shape index (κ3) is 1.62. The molecule has 1 rings (SSSR count). The van der Waals surface area contributed by atoms with Gasteiger partial charge in [-0.25, -0.2) is 18.0 Å². The van der Waals surface area contributed by atoms with Crippen LogP contribution in [0.3, 0.4) is 0 Å². The van der Waals surface area contributed by atoms with Crippen molar-refractivity contribution in [2.45, 2.75) is 0 Å². The average molecular weight is 191 g/mol. The van der Waals surface area contributed by atoms with E-state index in [9.17, 15) is 18.0 Å². The molecule has 0 saturated carbocycles. The second-order valence-corrected chi connectivity index (χ2v) is 2.12. The summed E-state index contributed by atoms with van der Waals surface area (Å²) in [5, 5.41) is 0. The normalized spacial score (nSPS) is 9.85. The Morgan fingerprint density at radius 3 is 2.31 bits per heavy atom. The first-order valence-electron chi connectivity index (χ1n) is 3.12. The Kier molecular flexibility index (Phi) is 2.52. The van der Waals surface area contributed by atoms with E-state index >= 15 is 0 Å². The average Bonchev–Trinajstić information content (AvgIpc) is 2.12. The Morgan fingerprint density at radius 2 is 1.77 bits per heavy atom. The van der Waals surface area contributed by atoms with E-state index in [2.05, 4.69) is 10.7 Å². The Balaban J connectivity index is 3.33. The lowest BCUT2D eigenvalue weighted by Crippen LogP contribution is -2.14. The predicted molar refractivity (Wildman–Crippen MR) is 35.9 cm³/mol. The lowest BCUT2D eigenvalue weighted by molar-refractivity contribution is 0.0491. The molecule has 0 aromatic heterocycles. The summed E-state index contributed by atoms with van der Waals surface area (Å²) >= 11 is 0. The van der Waals surface area contributed by atoms with Crippen LogP contribution < -0.4 is 5.90 Å². The molecule has 0 atom stereocenters. The van der Waals surface area contributed by atoms with E-state index in [1.807, 2.05) is 0 Å². The number of hydrogen-bond donors (Lipinski definition) is 1. The van der Waals surface area contributed by atoms with E-state index < -0.39 is 29.0 Å². The van der Waals surface area contributed by atoms with Gasteiger partial charge in [0.05, 0.1) is 0 Å². The minimum Gasteiger partial charge on any atom is -0.369 e. The monoisotopic (exact) mass is 191 g/mol. The third-order valence-corrected chi connectivity index (χ3v) is 1.36. The summed E-state index contributed by atoms with van der Waals surface area (Å²) in [5.74, 6) is -1.27. The first kappa shape index (κ1) is 9.53. The van der Waals surface area contributed by atoms with Crippen LogP contribution in [0.2, 0.25) is 0 Å². The number of carbonyl (C=O) groups is 1. The molecule has 13 heavy (non-hydrogen) atoms. The van der Waals surface area contributed by atoms with Crippen LogP contribution in [0.4, 0.5) is 13.2 Å². The summed E-state index contributed by atoms with van der Waals surface area (Å²) in [4.78, 5) is 14.2. The summed E-state index contributed by atoms with van der Waals surface area (Å²) < 4.78 is 37.9. The first-order valence-corrected chi connectivity index (χ1v) is 3.12. The molecule has 1 aromatic rings. The molecular formula is C7H4F3NO2. The van der Waals surface area contributed by atoms with E-state index in [1.165, 1.54) is 0 Å². The highest BCUT2D eigenvalue weighted by Crippen LogP contribution is 2.15. The second kappa shape index (κ2) is 3.44. The maximum atomic E-state index is 12.7. The van der Waals surface area contributed by atoms with Crippen LogP contribution in [0.5, 0.6) is 0 Å². The second-order valence-electron chi connectivity index (χ2n) is 2.12. The van der Waals surface area contributed by atoms with Crippen molar-refractivity contribution < 1.29 is 22.8 Å². The smallest absolute Gasteiger partial charge is 0.362 e. The highest BCUT2D eigenvalue weighted by atomic mass is 19.2. The minimum atomic E-state index is -1.62. The zero-order valence-electron chi connectivity index (χ0n) is 6.18. The van der Waals surface area contributed by atoms with Crippen molar-refractivity contribution >= 4 is 5.97 Å². The summed E-state index contributed by atoms with van der Waals surface area (Å²) in [6, 6.07) is 1.16. The zero-order chi connectivity index (χ0) is 10.0. The van der Waals surface area contributed by atoms with Gasteiger partial charge in [-0.05, 0) is 12.1 Å². The summed E-state index contributed by atoms with van der Waals surface area (Å²) in [7, 11) is 0. The van der Waals surface area contributed by atoms with E-state index in [1.54, 1.807) is 0 Å². The van der Waals surface area contributed by atoms with Gasteiger partial charge in [0.1, 0.15) is 11.4 Å². The van der Waals surface area contributed by atoms with E-state index in [-0.39, 0.29) is 0 Å². The van der Waals surface area contributed by atoms with Crippen LogP contribution in [0.25, 0.3) is 0 Å². The van der Waals surface area contributed by atoms with Crippen LogP contribution in [-0.4, -0.2) is 5.97 Å². The predicted octanol–water partition coefficient (Wildman–Crippen LogP) is 1.13. The summed E-state index contributed by atoms with van der Waals surface area (Å²) in [6.07, 6.45) is 0. The van der Waals surface area contributed by atoms with Crippen LogP contribution in [0, 0.1) is 17.5 Å². The number of halogens is 3. The van der Waals surface area contributed by atoms with Crippen molar-refractivity contribution in [2.75, 3.05) is 0 Å². The number of rotatable bonds is 1. The number of nitrogens with two attached hydrogens (primary N) is 1. The molecule has 6 heteroatoms. The minimum absolute atomic E-state index is 0.554. The van der Waals surface area contributed by atoms with Crippen molar-refractivity contribution in [3.63, 3.8) is 0 Å². The Labute approximate surface area is 70.9 Å². The lowest BCUT2D eigenvalue weighted by atomic mass is 10.2. The highest BCUT2D eigenvalue weighted by molar-refractivity contribution is 5.89. The van der Waals surface area contributed by atoms with Crippen molar-refractivity contribution in [1.82, 2.24) is 0 Å². The van der Waals surface area contributed by atoms with Gasteiger partial charge < -0.3 is 4.84 Å². The maximum Gasteiger partial charge on any atom is 0.362 e. The van der Waals surface area contributed by atoms with Gasteiger partial charge in [-0.3, -0.25) is 0 Å². The fourth-order valence-corrected chi connectivity index (χ4v) is 0.773. The fourth-order valence-electron chi connectivity index (χ4n) is 0.773. The molecule has 0 aliphatic carbocycles. The summed E-state index contributed by atoms with van der Waals surface area (Å²) in [5.41, 5.74) is -1.14. The highest BCUT2D eigenvalue weighted by Gasteiger charge is 2.21. The van der Waals surface area contributed by atoms with Gasteiger partial charge >= 0.3 is 5.97 Å². The quantitative estimate of drug-likeness (QED) is 0.534. The zero-order valence-corrected chi connectivity index (χ0v) is 6.18. The van der Waals surface area contributed by atoms with Gasteiger partial charge in [0.2, 0.25) is 0 Å². The van der Waals surface area contributed by atoms with Crippen molar-refractivity contribution in [1.29, 1.82) is 0 Å². The van der Waals surface area contributed by atoms with Gasteiger partial charge in [0.25, 0.3) is 0 Å². The van der Waals surface area contributed by atoms with Gasteiger partial charge in [-0.2, -0.15) is 5.90 Å². The van der Waals surface area contributed by atoms with Crippen LogP contribution in [-0.2, 0) is 4.84 Å². The molecule has 0 amide bonds. The van der Waals surface area contributed by atoms with E-state index in [0.29, 0.717) is 12.1 Å². The van der Waals surface area contributed by atoms with Crippen LogP contribution in [0.15, 0.2) is 12.1 Å². The SMILES string of the molecule is NOC(=O)c1c(F)ccc(F)c1F. The molecule has 3 nitrogen and oxygen atoms in total. The largest absolute Gasteiger partial charge is 0.369 e. The molecule has 0 unspecified atom stereocenters. The Morgan fingerprint density at radius 1 is 1.23 bits per heavy atom. The molecule has 0 aliphatic heterocycles. The molecule has 0 radical (unpaired) electrons. The fraction of sp³-hybridized carbons (Fsp3) is 0. The molecule has 0 heterocycles. The molecular weight excluding hydrogens is 187 g/mol. The van der Waals surface area contributed by atoms with Crippen molar-refractivity contribution in [2.24, 2.45) is 5.90 Å². The van der Waals surface area contributed by atoms with E-state index in [4.69, 9.17) is 0 Å². The molecule has 0 bridgehead atoms. The number of carbonyl (C=O) groups excluding carboxylic acids is 1. The van der Waals surface area contributed by atoms with Gasteiger partial charge in [0.15, 0.2) is 11.6 Å². The standard InChI is InChI=1S/C7H4F3NO2/c8-3-1-2-4(9)6(10)5(3)7(12)13-11/h1-2H,11H2. The van der Waals surface area contributed by atoms with Crippen molar-refractivity contribution in [3.8, 4) is 0 Å². The molecule has 70 valence electrons. The maximum absolute atomic E-state index is 12.7. The van der Waals surface area contributed by atoms with E-state index in [0.717, 1.165) is 0 Å². The third-order valence-electron chi connectivity index (χ3n) is 1.36. The molecule has 0 fully saturated rings. The topological polar surface area (TPSA) is 52.3 Å². The van der Waals surface area contributed by atoms with Gasteiger partial charge in [-0.1, -0.05) is 0 Å². The molecule has 0 spiro atoms. The van der Waals surface area contributed by atoms with Crippen molar-refractivity contribution in [3.05, 3.63) is 35.1 Å². The summed E-state index contributed by atoms with van der Waals surface area (Å²) in [6.45, 7) is 0. The van der Waals surface area contributed by atoms with Crippen LogP contribution in [0.1, 0.15) is 10.4 Å². The molecule has 0 saturated heterocycles. The number of benzene rings is 1. The Hall–Kier alpha value is -1.56. The Bertz CT molecular complexity index is 354. The first-order chi connectivity index (χ1) is 6.07. The molecule has 0 aliphatic rings. The van der Waals surface area contributed by atoms with Crippen LogP contribution >= 0.6 is 0 Å². The molecule has 1 aromatic carbocycles. The number of hydrogen-bond acceptors (Lipinski definition) is 3.